The van der Waals surface area contributed by atoms with Crippen LogP contribution < -0.4 is 10.2 Å². The van der Waals surface area contributed by atoms with Crippen LogP contribution in [0.25, 0.3) is 0 Å². The molecule has 1 spiro atoms. The number of rotatable bonds is 5. The molecule has 3 aliphatic heterocycles. The van der Waals surface area contributed by atoms with Gasteiger partial charge in [0, 0.05) is 47.0 Å². The molecule has 0 bridgehead atoms. The highest BCUT2D eigenvalue weighted by Crippen LogP contribution is 2.62. The van der Waals surface area contributed by atoms with Gasteiger partial charge < -0.3 is 15.0 Å². The molecule has 1 saturated carbocycles. The van der Waals surface area contributed by atoms with E-state index in [0.29, 0.717) is 53.0 Å². The topological polar surface area (TPSA) is 78.9 Å². The zero-order chi connectivity index (χ0) is 29.3. The molecule has 3 aromatic carbocycles. The molecule has 216 valence electrons. The first-order valence-corrected chi connectivity index (χ1v) is 14.8. The molecule has 7 rings (SSSR count). The third-order valence-electron chi connectivity index (χ3n) is 9.33. The fraction of sp³-hybridized carbons (Fsp3) is 0.344. The summed E-state index contributed by atoms with van der Waals surface area (Å²) in [5.41, 5.74) is 1.17. The maximum Gasteiger partial charge on any atom is 0.337 e. The van der Waals surface area contributed by atoms with E-state index in [1.54, 1.807) is 53.4 Å². The van der Waals surface area contributed by atoms with Crippen LogP contribution >= 0.6 is 23.2 Å². The number of esters is 1. The Hall–Kier alpha value is -3.46. The number of halogens is 3. The van der Waals surface area contributed by atoms with Gasteiger partial charge in [0.1, 0.15) is 11.4 Å². The van der Waals surface area contributed by atoms with Gasteiger partial charge in [-0.25, -0.2) is 9.18 Å². The number of carbonyl (C=O) groups excluding carboxylic acids is 3. The summed E-state index contributed by atoms with van der Waals surface area (Å²) in [5.74, 6) is -2.78. The van der Waals surface area contributed by atoms with Gasteiger partial charge in [0.25, 0.3) is 0 Å². The van der Waals surface area contributed by atoms with Gasteiger partial charge in [-0.15, -0.1) is 0 Å². The normalized spacial score (nSPS) is 26.8. The molecule has 1 N–H and O–H groups in total. The van der Waals surface area contributed by atoms with Crippen molar-refractivity contribution in [1.29, 1.82) is 0 Å². The maximum atomic E-state index is 16.0. The summed E-state index contributed by atoms with van der Waals surface area (Å²) in [4.78, 5) is 44.9. The molecule has 1 aliphatic carbocycles. The number of piperidine rings is 1. The van der Waals surface area contributed by atoms with Gasteiger partial charge in [0.15, 0.2) is 0 Å². The van der Waals surface area contributed by atoms with Crippen molar-refractivity contribution in [2.75, 3.05) is 30.4 Å². The third-order valence-corrected chi connectivity index (χ3v) is 9.86. The van der Waals surface area contributed by atoms with Crippen LogP contribution in [0.5, 0.6) is 0 Å². The number of amides is 2. The number of nitrogens with zero attached hydrogens (tertiary/aromatic N) is 2. The summed E-state index contributed by atoms with van der Waals surface area (Å²) in [6, 6.07) is 16.4. The molecule has 0 radical (unpaired) electrons. The van der Waals surface area contributed by atoms with Crippen LogP contribution in [-0.2, 0) is 19.9 Å². The first-order valence-electron chi connectivity index (χ1n) is 14.1. The van der Waals surface area contributed by atoms with E-state index < -0.39 is 29.2 Å². The van der Waals surface area contributed by atoms with Crippen molar-refractivity contribution in [1.82, 2.24) is 4.90 Å². The van der Waals surface area contributed by atoms with Crippen molar-refractivity contribution >= 4 is 52.4 Å². The third kappa shape index (κ3) is 3.99. The monoisotopic (exact) mass is 607 g/mol. The summed E-state index contributed by atoms with van der Waals surface area (Å²) in [5, 5.41) is 3.44. The first-order chi connectivity index (χ1) is 20.2. The Morgan fingerprint density at radius 1 is 1.07 bits per heavy atom. The van der Waals surface area contributed by atoms with Crippen LogP contribution in [-0.4, -0.2) is 48.9 Å². The summed E-state index contributed by atoms with van der Waals surface area (Å²) < 4.78 is 20.9. The summed E-state index contributed by atoms with van der Waals surface area (Å²) in [6.45, 7) is 1.03. The highest BCUT2D eigenvalue weighted by molar-refractivity contribution is 6.31. The van der Waals surface area contributed by atoms with Crippen molar-refractivity contribution in [2.24, 2.45) is 11.8 Å². The van der Waals surface area contributed by atoms with E-state index in [9.17, 15) is 14.4 Å². The second-order valence-corrected chi connectivity index (χ2v) is 12.4. The average Bonchev–Trinajstić information content (AvgIpc) is 3.70. The van der Waals surface area contributed by atoms with Crippen LogP contribution in [0.1, 0.15) is 46.7 Å². The molecular weight excluding hydrogens is 580 g/mol. The van der Waals surface area contributed by atoms with Crippen LogP contribution in [0, 0.1) is 17.7 Å². The van der Waals surface area contributed by atoms with Gasteiger partial charge >= 0.3 is 5.97 Å². The van der Waals surface area contributed by atoms with Crippen molar-refractivity contribution < 1.29 is 23.5 Å². The highest BCUT2D eigenvalue weighted by atomic mass is 35.5. The molecule has 3 aromatic rings. The zero-order valence-corrected chi connectivity index (χ0v) is 24.3. The lowest BCUT2D eigenvalue weighted by Crippen LogP contribution is -2.54. The predicted molar refractivity (Wildman–Crippen MR) is 157 cm³/mol. The first kappa shape index (κ1) is 27.4. The number of carbonyl (C=O) groups is 3. The van der Waals surface area contributed by atoms with Gasteiger partial charge in [-0.2, -0.15) is 0 Å². The predicted octanol–water partition coefficient (Wildman–Crippen LogP) is 6.00. The van der Waals surface area contributed by atoms with Crippen LogP contribution in [0.2, 0.25) is 10.0 Å². The summed E-state index contributed by atoms with van der Waals surface area (Å²) >= 11 is 12.7. The Kier molecular flexibility index (Phi) is 6.57. The Bertz CT molecular complexity index is 1630. The van der Waals surface area contributed by atoms with E-state index in [1.165, 1.54) is 13.2 Å². The number of anilines is 2. The van der Waals surface area contributed by atoms with E-state index in [0.717, 1.165) is 12.8 Å². The molecule has 0 aromatic heterocycles. The van der Waals surface area contributed by atoms with Crippen molar-refractivity contribution in [3.63, 3.8) is 0 Å². The molecule has 2 amide bonds. The molecule has 4 aliphatic rings. The number of hydrogen-bond donors (Lipinski definition) is 1. The number of nitrogens with one attached hydrogen (secondary N) is 1. The Balaban J connectivity index is 1.41. The minimum Gasteiger partial charge on any atom is -0.465 e. The number of fused-ring (bicyclic) bond motifs is 3. The molecule has 10 heteroatoms. The Morgan fingerprint density at radius 2 is 1.83 bits per heavy atom. The van der Waals surface area contributed by atoms with Gasteiger partial charge in [-0.1, -0.05) is 41.4 Å². The van der Waals surface area contributed by atoms with Crippen molar-refractivity contribution in [3.8, 4) is 0 Å². The fourth-order valence-corrected chi connectivity index (χ4v) is 7.74. The van der Waals surface area contributed by atoms with Crippen molar-refractivity contribution in [2.45, 2.75) is 36.8 Å². The van der Waals surface area contributed by atoms with E-state index in [2.05, 4.69) is 10.2 Å². The van der Waals surface area contributed by atoms with E-state index in [4.69, 9.17) is 27.9 Å². The smallest absolute Gasteiger partial charge is 0.337 e. The minimum atomic E-state index is -1.33. The quantitative estimate of drug-likeness (QED) is 0.360. The lowest BCUT2D eigenvalue weighted by molar-refractivity contribution is -0.128. The Morgan fingerprint density at radius 3 is 2.55 bits per heavy atom. The molecule has 2 saturated heterocycles. The molecule has 4 atom stereocenters. The minimum absolute atomic E-state index is 0.0620. The largest absolute Gasteiger partial charge is 0.465 e. The number of hydrogen-bond acceptors (Lipinski definition) is 5. The lowest BCUT2D eigenvalue weighted by atomic mass is 9.70. The SMILES string of the molecule is COC(=O)c1ccc(N2CC[C@H]3[C@@H](C2=O)C(c2cccc(Cl)c2F)[C@]2(C(=O)Nc4cc(Cl)ccc42)N3CC2CC2)cc1. The second-order valence-electron chi connectivity index (χ2n) is 11.5. The van der Waals surface area contributed by atoms with Crippen molar-refractivity contribution in [3.05, 3.63) is 93.2 Å². The molecular formula is C32H28Cl2FN3O4. The molecule has 3 fully saturated rings. The number of benzene rings is 3. The Labute approximate surface area is 252 Å². The van der Waals surface area contributed by atoms with Gasteiger partial charge in [-0.05, 0) is 73.2 Å². The summed E-state index contributed by atoms with van der Waals surface area (Å²) in [6.07, 6.45) is 2.67. The van der Waals surface area contributed by atoms with Gasteiger partial charge in [0.05, 0.1) is 23.6 Å². The number of ether oxygens (including phenoxy) is 1. The average molecular weight is 608 g/mol. The molecule has 3 heterocycles. The highest BCUT2D eigenvalue weighted by Gasteiger charge is 2.70. The van der Waals surface area contributed by atoms with Gasteiger partial charge in [0.2, 0.25) is 11.8 Å². The molecule has 1 unspecified atom stereocenters. The number of likely N-dealkylation sites (tertiary alicyclic amines) is 1. The second kappa shape index (κ2) is 10.1. The van der Waals surface area contributed by atoms with Crippen LogP contribution in [0.4, 0.5) is 15.8 Å². The summed E-state index contributed by atoms with van der Waals surface area (Å²) in [7, 11) is 1.31. The van der Waals surface area contributed by atoms with Crippen LogP contribution in [0.15, 0.2) is 60.7 Å². The standard InChI is InChI=1S/C32H28Cl2FN3O4/c1-42-30(40)18-7-10-20(11-8-18)37-14-13-25-26(29(37)39)27(21-3-2-4-23(34)28(21)35)32(38(25)16-17-5-6-17)22-12-9-19(33)15-24(22)36-31(32)41/h2-4,7-12,15,17,25-27H,5-6,13-14,16H2,1H3,(H,36,41)/t25-,26+,27?,32+/m0/s1. The van der Waals surface area contributed by atoms with Crippen LogP contribution in [0.3, 0.4) is 0 Å². The van der Waals surface area contributed by atoms with Gasteiger partial charge in [-0.3, -0.25) is 14.5 Å². The molecule has 7 nitrogen and oxygen atoms in total. The maximum absolute atomic E-state index is 16.0. The van der Waals surface area contributed by atoms with E-state index >= 15 is 4.39 Å². The molecule has 42 heavy (non-hydrogen) atoms. The van der Waals surface area contributed by atoms with E-state index in [-0.39, 0.29) is 28.4 Å². The van der Waals surface area contributed by atoms with E-state index in [1.807, 2.05) is 6.07 Å². The number of methoxy groups -OCH3 is 1. The lowest BCUT2D eigenvalue weighted by Gasteiger charge is -2.40. The fourth-order valence-electron chi connectivity index (χ4n) is 7.39. The zero-order valence-electron chi connectivity index (χ0n) is 22.8.